The molecule has 9 heteroatoms. The van der Waals surface area contributed by atoms with Gasteiger partial charge in [-0.3, -0.25) is 4.68 Å². The molecule has 2 atom stereocenters. The molecule has 34 heavy (non-hydrogen) atoms. The number of halogens is 2. The topological polar surface area (TPSA) is 78.6 Å². The van der Waals surface area contributed by atoms with Crippen molar-refractivity contribution in [1.82, 2.24) is 29.7 Å². The normalized spacial score (nSPS) is 18.7. The molecule has 1 fully saturated rings. The van der Waals surface area contributed by atoms with Crippen LogP contribution in [0, 0.1) is 25.5 Å². The summed E-state index contributed by atoms with van der Waals surface area (Å²) in [5.74, 6) is -0.798. The van der Waals surface area contributed by atoms with Gasteiger partial charge < -0.3 is 4.74 Å². The van der Waals surface area contributed by atoms with Gasteiger partial charge in [-0.05, 0) is 52.7 Å². The molecule has 176 valence electrons. The van der Waals surface area contributed by atoms with Crippen LogP contribution in [0.15, 0.2) is 30.6 Å². The lowest BCUT2D eigenvalue weighted by Gasteiger charge is -2.28. The van der Waals surface area contributed by atoms with Crippen LogP contribution in [0.25, 0.3) is 22.4 Å². The fourth-order valence-corrected chi connectivity index (χ4v) is 4.25. The van der Waals surface area contributed by atoms with E-state index in [0.29, 0.717) is 41.4 Å². The third-order valence-corrected chi connectivity index (χ3v) is 6.32. The van der Waals surface area contributed by atoms with Crippen molar-refractivity contribution < 1.29 is 13.5 Å². The summed E-state index contributed by atoms with van der Waals surface area (Å²) >= 11 is 0. The fourth-order valence-electron chi connectivity index (χ4n) is 4.25. The minimum absolute atomic E-state index is 0.0174. The largest absolute Gasteiger partial charge is 0.373 e. The summed E-state index contributed by atoms with van der Waals surface area (Å²) in [5.41, 5.74) is 3.77. The number of aromatic nitrogens is 6. The van der Waals surface area contributed by atoms with E-state index in [0.717, 1.165) is 23.7 Å². The van der Waals surface area contributed by atoms with Crippen LogP contribution in [0.1, 0.15) is 67.5 Å². The van der Waals surface area contributed by atoms with Gasteiger partial charge in [-0.15, -0.1) is 0 Å². The molecule has 2 unspecified atom stereocenters. The van der Waals surface area contributed by atoms with Gasteiger partial charge in [0.25, 0.3) is 0 Å². The maximum atomic E-state index is 14.8. The molecular weight excluding hydrogens is 438 g/mol. The number of benzene rings is 1. The van der Waals surface area contributed by atoms with E-state index in [-0.39, 0.29) is 23.6 Å². The van der Waals surface area contributed by atoms with Gasteiger partial charge in [-0.2, -0.15) is 5.10 Å². The van der Waals surface area contributed by atoms with Crippen molar-refractivity contribution in [2.45, 2.75) is 58.6 Å². The van der Waals surface area contributed by atoms with Crippen molar-refractivity contribution >= 4 is 11.2 Å². The predicted molar refractivity (Wildman–Crippen MR) is 123 cm³/mol. The van der Waals surface area contributed by atoms with Crippen molar-refractivity contribution in [3.05, 3.63) is 65.0 Å². The number of aryl methyl sites for hydroxylation is 2. The molecule has 1 aliphatic heterocycles. The number of ether oxygens (including phenoxy) is 1. The average molecular weight is 465 g/mol. The maximum Gasteiger partial charge on any atom is 0.182 e. The van der Waals surface area contributed by atoms with E-state index in [1.807, 2.05) is 30.9 Å². The van der Waals surface area contributed by atoms with Crippen LogP contribution in [0.5, 0.6) is 0 Å². The van der Waals surface area contributed by atoms with E-state index < -0.39 is 11.6 Å². The quantitative estimate of drug-likeness (QED) is 0.403. The van der Waals surface area contributed by atoms with Gasteiger partial charge in [0.2, 0.25) is 0 Å². The molecule has 0 spiro atoms. The van der Waals surface area contributed by atoms with Gasteiger partial charge in [0.15, 0.2) is 5.65 Å². The summed E-state index contributed by atoms with van der Waals surface area (Å²) in [4.78, 5) is 18.7. The first-order valence-corrected chi connectivity index (χ1v) is 11.4. The summed E-state index contributed by atoms with van der Waals surface area (Å²) in [5, 5.41) is 4.43. The van der Waals surface area contributed by atoms with Crippen LogP contribution < -0.4 is 0 Å². The first-order chi connectivity index (χ1) is 16.3. The Labute approximate surface area is 196 Å². The SMILES string of the molecule is Cc1nc2nc(C3CCOC(c4cnn(C(C)C)c4)C3)nc(-c3ccc(F)cc3F)c2nc1C. The molecule has 1 saturated heterocycles. The zero-order chi connectivity index (χ0) is 24.0. The molecule has 3 aromatic heterocycles. The standard InChI is InChI=1S/C25H26F2N6O/c1-13(2)33-12-17(11-28-33)21-9-16(7-8-34-21)24-31-22(19-6-5-18(26)10-20(19)27)23-25(32-24)30-15(4)14(3)29-23/h5-6,10-13,16,21H,7-9H2,1-4H3. The molecule has 4 aromatic rings. The highest BCUT2D eigenvalue weighted by atomic mass is 19.1. The number of hydrogen-bond acceptors (Lipinski definition) is 6. The maximum absolute atomic E-state index is 14.8. The second kappa shape index (κ2) is 8.79. The molecule has 5 rings (SSSR count). The van der Waals surface area contributed by atoms with E-state index in [1.165, 1.54) is 12.1 Å². The highest BCUT2D eigenvalue weighted by Gasteiger charge is 2.29. The zero-order valence-corrected chi connectivity index (χ0v) is 19.6. The van der Waals surface area contributed by atoms with E-state index in [2.05, 4.69) is 28.9 Å². The van der Waals surface area contributed by atoms with E-state index in [9.17, 15) is 8.78 Å². The van der Waals surface area contributed by atoms with Gasteiger partial charge in [-0.1, -0.05) is 0 Å². The van der Waals surface area contributed by atoms with Crippen LogP contribution in [-0.2, 0) is 4.74 Å². The second-order valence-electron chi connectivity index (χ2n) is 9.05. The van der Waals surface area contributed by atoms with Crippen molar-refractivity contribution in [2.24, 2.45) is 0 Å². The number of nitrogens with zero attached hydrogens (tertiary/aromatic N) is 6. The molecule has 0 saturated carbocycles. The third-order valence-electron chi connectivity index (χ3n) is 6.32. The zero-order valence-electron chi connectivity index (χ0n) is 19.6. The molecule has 7 nitrogen and oxygen atoms in total. The molecule has 0 amide bonds. The highest BCUT2D eigenvalue weighted by Crippen LogP contribution is 2.38. The first kappa shape index (κ1) is 22.5. The molecule has 1 aliphatic rings. The van der Waals surface area contributed by atoms with Gasteiger partial charge in [0.1, 0.15) is 28.7 Å². The van der Waals surface area contributed by atoms with Crippen molar-refractivity contribution in [2.75, 3.05) is 6.61 Å². The monoisotopic (exact) mass is 464 g/mol. The molecule has 0 radical (unpaired) electrons. The second-order valence-corrected chi connectivity index (χ2v) is 9.05. The van der Waals surface area contributed by atoms with Crippen LogP contribution in [0.4, 0.5) is 8.78 Å². The summed E-state index contributed by atoms with van der Waals surface area (Å²) in [7, 11) is 0. The Morgan fingerprint density at radius 3 is 2.59 bits per heavy atom. The Morgan fingerprint density at radius 2 is 1.85 bits per heavy atom. The van der Waals surface area contributed by atoms with E-state index in [1.54, 1.807) is 0 Å². The molecule has 0 N–H and O–H groups in total. The van der Waals surface area contributed by atoms with Gasteiger partial charge in [-0.25, -0.2) is 28.7 Å². The fraction of sp³-hybridized carbons (Fsp3) is 0.400. The van der Waals surface area contributed by atoms with E-state index >= 15 is 0 Å². The lowest BCUT2D eigenvalue weighted by Crippen LogP contribution is -2.20. The van der Waals surface area contributed by atoms with Crippen LogP contribution in [0.3, 0.4) is 0 Å². The van der Waals surface area contributed by atoms with Crippen LogP contribution in [-0.4, -0.2) is 36.3 Å². The molecular formula is C25H26F2N6O. The summed E-state index contributed by atoms with van der Waals surface area (Å²) in [6.07, 6.45) is 5.10. The predicted octanol–water partition coefficient (Wildman–Crippen LogP) is 5.39. The summed E-state index contributed by atoms with van der Waals surface area (Å²) < 4.78 is 36.3. The Kier molecular flexibility index (Phi) is 5.81. The van der Waals surface area contributed by atoms with Crippen molar-refractivity contribution in [3.63, 3.8) is 0 Å². The van der Waals surface area contributed by atoms with Crippen molar-refractivity contribution in [1.29, 1.82) is 0 Å². The molecule has 4 heterocycles. The van der Waals surface area contributed by atoms with Crippen LogP contribution >= 0.6 is 0 Å². The van der Waals surface area contributed by atoms with Crippen LogP contribution in [0.2, 0.25) is 0 Å². The van der Waals surface area contributed by atoms with Crippen molar-refractivity contribution in [3.8, 4) is 11.3 Å². The van der Waals surface area contributed by atoms with Gasteiger partial charge >= 0.3 is 0 Å². The minimum Gasteiger partial charge on any atom is -0.373 e. The highest BCUT2D eigenvalue weighted by molar-refractivity contribution is 5.87. The minimum atomic E-state index is -0.697. The lowest BCUT2D eigenvalue weighted by molar-refractivity contribution is 0.00395. The average Bonchev–Trinajstić information content (AvgIpc) is 3.31. The first-order valence-electron chi connectivity index (χ1n) is 11.4. The summed E-state index contributed by atoms with van der Waals surface area (Å²) in [6.45, 7) is 8.39. The molecule has 0 aliphatic carbocycles. The smallest absolute Gasteiger partial charge is 0.182 e. The van der Waals surface area contributed by atoms with Gasteiger partial charge in [0.05, 0.1) is 23.7 Å². The number of rotatable bonds is 4. The molecule has 0 bridgehead atoms. The number of hydrogen-bond donors (Lipinski definition) is 0. The Balaban J connectivity index is 1.58. The third kappa shape index (κ3) is 4.16. The Morgan fingerprint density at radius 1 is 1.06 bits per heavy atom. The lowest BCUT2D eigenvalue weighted by atomic mass is 9.92. The van der Waals surface area contributed by atoms with E-state index in [4.69, 9.17) is 14.7 Å². The molecule has 1 aromatic carbocycles. The Hall–Kier alpha value is -3.33. The number of fused-ring (bicyclic) bond motifs is 1. The Bertz CT molecular complexity index is 1370. The summed E-state index contributed by atoms with van der Waals surface area (Å²) in [6, 6.07) is 3.72. The van der Waals surface area contributed by atoms with Gasteiger partial charge in [0, 0.05) is 42.0 Å².